The Hall–Kier alpha value is -1.35. The largest absolute Gasteiger partial charge is 0.378 e. The Balaban J connectivity index is 1.86. The van der Waals surface area contributed by atoms with E-state index in [0.29, 0.717) is 0 Å². The number of ether oxygens (including phenoxy) is 1. The maximum absolute atomic E-state index is 10.9. The first-order chi connectivity index (χ1) is 8.38. The number of aryl methyl sites for hydroxylation is 1. The normalized spacial score (nSPS) is 23.5. The molecule has 17 heavy (non-hydrogen) atoms. The number of carbonyl (C=O) groups excluding carboxylic acids is 1. The van der Waals surface area contributed by atoms with Gasteiger partial charge in [-0.15, -0.1) is 0 Å². The standard InChI is InChI=1S/C14H17NO2/c16-10-12-2-1-11-9-13(3-4-14(11)12)15-5-7-17-8-6-15/h3-4,9-10,12H,1-2,5-8H2. The highest BCUT2D eigenvalue weighted by Crippen LogP contribution is 2.34. The molecule has 1 unspecified atom stereocenters. The number of fused-ring (bicyclic) bond motifs is 1. The quantitative estimate of drug-likeness (QED) is 0.726. The summed E-state index contributed by atoms with van der Waals surface area (Å²) in [6.07, 6.45) is 3.10. The Kier molecular flexibility index (Phi) is 2.85. The van der Waals surface area contributed by atoms with E-state index < -0.39 is 0 Å². The first-order valence-electron chi connectivity index (χ1n) is 6.29. The lowest BCUT2D eigenvalue weighted by Crippen LogP contribution is -2.36. The Morgan fingerprint density at radius 2 is 2.12 bits per heavy atom. The number of morpholine rings is 1. The van der Waals surface area contributed by atoms with E-state index in [9.17, 15) is 4.79 Å². The van der Waals surface area contributed by atoms with Crippen molar-refractivity contribution in [3.8, 4) is 0 Å². The molecular formula is C14H17NO2. The summed E-state index contributed by atoms with van der Waals surface area (Å²) in [5, 5.41) is 0. The van der Waals surface area contributed by atoms with Gasteiger partial charge in [-0.1, -0.05) is 6.07 Å². The number of anilines is 1. The Labute approximate surface area is 101 Å². The molecule has 1 fully saturated rings. The summed E-state index contributed by atoms with van der Waals surface area (Å²) >= 11 is 0. The number of hydrogen-bond acceptors (Lipinski definition) is 3. The highest BCUT2D eigenvalue weighted by molar-refractivity contribution is 5.67. The minimum absolute atomic E-state index is 0.128. The van der Waals surface area contributed by atoms with Crippen LogP contribution in [0.15, 0.2) is 18.2 Å². The molecule has 3 heteroatoms. The van der Waals surface area contributed by atoms with E-state index >= 15 is 0 Å². The molecule has 1 aliphatic heterocycles. The zero-order valence-electron chi connectivity index (χ0n) is 9.89. The van der Waals surface area contributed by atoms with E-state index in [1.165, 1.54) is 16.8 Å². The van der Waals surface area contributed by atoms with Crippen LogP contribution in [0.25, 0.3) is 0 Å². The van der Waals surface area contributed by atoms with Gasteiger partial charge >= 0.3 is 0 Å². The van der Waals surface area contributed by atoms with Gasteiger partial charge in [0.15, 0.2) is 0 Å². The Morgan fingerprint density at radius 1 is 1.29 bits per heavy atom. The van der Waals surface area contributed by atoms with Crippen LogP contribution >= 0.6 is 0 Å². The van der Waals surface area contributed by atoms with Crippen LogP contribution in [0.4, 0.5) is 5.69 Å². The van der Waals surface area contributed by atoms with Gasteiger partial charge < -0.3 is 14.4 Å². The molecule has 1 aliphatic carbocycles. The van der Waals surface area contributed by atoms with Gasteiger partial charge in [-0.25, -0.2) is 0 Å². The topological polar surface area (TPSA) is 29.5 Å². The highest BCUT2D eigenvalue weighted by atomic mass is 16.5. The van der Waals surface area contributed by atoms with E-state index in [0.717, 1.165) is 45.4 Å². The molecule has 3 rings (SSSR count). The van der Waals surface area contributed by atoms with Gasteiger partial charge in [0.25, 0.3) is 0 Å². The number of rotatable bonds is 2. The molecule has 1 heterocycles. The monoisotopic (exact) mass is 231 g/mol. The first kappa shape index (κ1) is 10.8. The van der Waals surface area contributed by atoms with Crippen LogP contribution in [0.5, 0.6) is 0 Å². The molecule has 0 saturated carbocycles. The minimum Gasteiger partial charge on any atom is -0.378 e. The number of hydrogen-bond donors (Lipinski definition) is 0. The van der Waals surface area contributed by atoms with Crippen LogP contribution in [-0.4, -0.2) is 32.6 Å². The van der Waals surface area contributed by atoms with Crippen molar-refractivity contribution in [2.24, 2.45) is 0 Å². The first-order valence-corrected chi connectivity index (χ1v) is 6.29. The Bertz CT molecular complexity index is 424. The van der Waals surface area contributed by atoms with Crippen molar-refractivity contribution >= 4 is 12.0 Å². The third-order valence-electron chi connectivity index (χ3n) is 3.79. The van der Waals surface area contributed by atoms with Crippen molar-refractivity contribution in [3.05, 3.63) is 29.3 Å². The summed E-state index contributed by atoms with van der Waals surface area (Å²) in [7, 11) is 0. The highest BCUT2D eigenvalue weighted by Gasteiger charge is 2.23. The van der Waals surface area contributed by atoms with Crippen LogP contribution in [0, 0.1) is 0 Å². The van der Waals surface area contributed by atoms with Crippen molar-refractivity contribution in [1.82, 2.24) is 0 Å². The smallest absolute Gasteiger partial charge is 0.127 e. The molecule has 90 valence electrons. The van der Waals surface area contributed by atoms with Gasteiger partial charge in [-0.2, -0.15) is 0 Å². The van der Waals surface area contributed by atoms with Crippen LogP contribution in [0.1, 0.15) is 23.5 Å². The SMILES string of the molecule is O=CC1CCc2cc(N3CCOCC3)ccc21. The molecule has 1 saturated heterocycles. The molecule has 0 spiro atoms. The van der Waals surface area contributed by atoms with E-state index in [4.69, 9.17) is 4.74 Å². The summed E-state index contributed by atoms with van der Waals surface area (Å²) in [5.41, 5.74) is 3.86. The lowest BCUT2D eigenvalue weighted by atomic mass is 10.0. The number of aldehydes is 1. The fraction of sp³-hybridized carbons (Fsp3) is 0.500. The Morgan fingerprint density at radius 3 is 2.88 bits per heavy atom. The van der Waals surface area contributed by atoms with Gasteiger partial charge in [0.05, 0.1) is 13.2 Å². The second-order valence-electron chi connectivity index (χ2n) is 4.76. The fourth-order valence-corrected chi connectivity index (χ4v) is 2.80. The average molecular weight is 231 g/mol. The van der Waals surface area contributed by atoms with Gasteiger partial charge in [-0.3, -0.25) is 0 Å². The van der Waals surface area contributed by atoms with Crippen molar-refractivity contribution in [2.45, 2.75) is 18.8 Å². The second kappa shape index (κ2) is 4.49. The van der Waals surface area contributed by atoms with Crippen LogP contribution in [0.3, 0.4) is 0 Å². The van der Waals surface area contributed by atoms with Gasteiger partial charge in [-0.05, 0) is 36.1 Å². The lowest BCUT2D eigenvalue weighted by Gasteiger charge is -2.29. The molecular weight excluding hydrogens is 214 g/mol. The summed E-state index contributed by atoms with van der Waals surface area (Å²) in [5.74, 6) is 0.128. The molecule has 1 aromatic carbocycles. The van der Waals surface area contributed by atoms with Crippen molar-refractivity contribution in [3.63, 3.8) is 0 Å². The lowest BCUT2D eigenvalue weighted by molar-refractivity contribution is -0.109. The van der Waals surface area contributed by atoms with Crippen molar-refractivity contribution in [2.75, 3.05) is 31.2 Å². The third-order valence-corrected chi connectivity index (χ3v) is 3.79. The zero-order valence-corrected chi connectivity index (χ0v) is 9.89. The van der Waals surface area contributed by atoms with Gasteiger partial charge in [0.2, 0.25) is 0 Å². The molecule has 1 atom stereocenters. The zero-order chi connectivity index (χ0) is 11.7. The van der Waals surface area contributed by atoms with E-state index in [2.05, 4.69) is 23.1 Å². The van der Waals surface area contributed by atoms with E-state index in [-0.39, 0.29) is 5.92 Å². The maximum Gasteiger partial charge on any atom is 0.127 e. The van der Waals surface area contributed by atoms with Gasteiger partial charge in [0, 0.05) is 24.7 Å². The van der Waals surface area contributed by atoms with Crippen LogP contribution in [0.2, 0.25) is 0 Å². The average Bonchev–Trinajstić information content (AvgIpc) is 2.81. The maximum atomic E-state index is 10.9. The summed E-state index contributed by atoms with van der Waals surface area (Å²) < 4.78 is 5.36. The number of benzene rings is 1. The summed E-state index contributed by atoms with van der Waals surface area (Å²) in [4.78, 5) is 13.3. The summed E-state index contributed by atoms with van der Waals surface area (Å²) in [6.45, 7) is 3.56. The minimum atomic E-state index is 0.128. The number of carbonyl (C=O) groups is 1. The number of nitrogens with zero attached hydrogens (tertiary/aromatic N) is 1. The predicted octanol–water partition coefficient (Wildman–Crippen LogP) is 1.75. The van der Waals surface area contributed by atoms with Crippen LogP contribution < -0.4 is 4.90 Å². The molecule has 2 aliphatic rings. The third kappa shape index (κ3) is 1.95. The van der Waals surface area contributed by atoms with Crippen molar-refractivity contribution < 1.29 is 9.53 Å². The van der Waals surface area contributed by atoms with E-state index in [1.807, 2.05) is 0 Å². The molecule has 0 bridgehead atoms. The molecule has 0 amide bonds. The molecule has 0 N–H and O–H groups in total. The predicted molar refractivity (Wildman–Crippen MR) is 66.6 cm³/mol. The fourth-order valence-electron chi connectivity index (χ4n) is 2.80. The van der Waals surface area contributed by atoms with Crippen LogP contribution in [-0.2, 0) is 16.0 Å². The molecule has 1 aromatic rings. The van der Waals surface area contributed by atoms with Crippen molar-refractivity contribution in [1.29, 1.82) is 0 Å². The molecule has 3 nitrogen and oxygen atoms in total. The van der Waals surface area contributed by atoms with Gasteiger partial charge in [0.1, 0.15) is 6.29 Å². The van der Waals surface area contributed by atoms with E-state index in [1.54, 1.807) is 0 Å². The molecule has 0 radical (unpaired) electrons. The molecule has 0 aromatic heterocycles. The summed E-state index contributed by atoms with van der Waals surface area (Å²) in [6, 6.07) is 6.53. The second-order valence-corrected chi connectivity index (χ2v) is 4.76.